The number of carbonyl (C=O) groups excluding carboxylic acids is 4. The van der Waals surface area contributed by atoms with Crippen molar-refractivity contribution >= 4 is 23.9 Å². The van der Waals surface area contributed by atoms with Crippen molar-refractivity contribution in [3.63, 3.8) is 0 Å². The van der Waals surface area contributed by atoms with E-state index in [-0.39, 0.29) is 11.1 Å². The molecule has 8 heteroatoms. The predicted octanol–water partition coefficient (Wildman–Crippen LogP) is 3.32. The topological polar surface area (TPSA) is 102 Å². The van der Waals surface area contributed by atoms with Gasteiger partial charge in [-0.15, -0.1) is 0 Å². The molecular weight excluding hydrogens is 388 g/mol. The van der Waals surface area contributed by atoms with Crippen LogP contribution in [0, 0.1) is 6.92 Å². The first-order valence-electron chi connectivity index (χ1n) is 9.32. The van der Waals surface area contributed by atoms with Crippen LogP contribution < -0.4 is 5.32 Å². The van der Waals surface area contributed by atoms with Crippen LogP contribution in [0.25, 0.3) is 0 Å². The summed E-state index contributed by atoms with van der Waals surface area (Å²) in [7, 11) is 0. The van der Waals surface area contributed by atoms with E-state index in [9.17, 15) is 19.2 Å². The summed E-state index contributed by atoms with van der Waals surface area (Å²) in [5.41, 5.74) is 0.857. The number of alkyl carbamates (subject to hydrolysis) is 1. The van der Waals surface area contributed by atoms with E-state index in [2.05, 4.69) is 5.32 Å². The molecule has 1 unspecified atom stereocenters. The Balaban J connectivity index is 1.83. The highest BCUT2D eigenvalue weighted by molar-refractivity contribution is 6.20. The van der Waals surface area contributed by atoms with Crippen molar-refractivity contribution in [1.29, 1.82) is 0 Å². The molecule has 0 spiro atoms. The largest absolute Gasteiger partial charge is 0.444 e. The average molecular weight is 410 g/mol. The Labute approximate surface area is 173 Å². The maximum Gasteiger partial charge on any atom is 0.408 e. The number of benzene rings is 2. The predicted molar refractivity (Wildman–Crippen MR) is 106 cm³/mol. The molecule has 0 aliphatic carbocycles. The third-order valence-corrected chi connectivity index (χ3v) is 4.25. The Morgan fingerprint density at radius 1 is 0.933 bits per heavy atom. The molecule has 0 radical (unpaired) electrons. The standard InChI is InChI=1S/C22H22N2O6/c1-13-9-11-14(12-10-13)17(23-21(28)29-22(2,3)4)20(27)30-24-18(25)15-7-5-6-8-16(15)19(24)26/h5-12,17H,1-4H3,(H,23,28). The SMILES string of the molecule is Cc1ccc(C(NC(=O)OC(C)(C)C)C(=O)ON2C(=O)c3ccccc3C2=O)cc1. The zero-order valence-electron chi connectivity index (χ0n) is 17.1. The molecule has 3 amide bonds. The number of rotatable bonds is 4. The highest BCUT2D eigenvalue weighted by Gasteiger charge is 2.40. The van der Waals surface area contributed by atoms with Crippen molar-refractivity contribution in [3.8, 4) is 0 Å². The summed E-state index contributed by atoms with van der Waals surface area (Å²) in [6.07, 6.45) is -0.840. The number of nitrogens with zero attached hydrogens (tertiary/aromatic N) is 1. The number of aryl methyl sites for hydroxylation is 1. The van der Waals surface area contributed by atoms with E-state index >= 15 is 0 Å². The fourth-order valence-corrected chi connectivity index (χ4v) is 2.86. The van der Waals surface area contributed by atoms with Crippen LogP contribution in [0.1, 0.15) is 58.7 Å². The van der Waals surface area contributed by atoms with Gasteiger partial charge in [0.1, 0.15) is 5.60 Å². The molecule has 2 aromatic carbocycles. The first-order chi connectivity index (χ1) is 14.1. The number of hydrogen-bond donors (Lipinski definition) is 1. The lowest BCUT2D eigenvalue weighted by molar-refractivity contribution is -0.171. The number of imide groups is 1. The number of hydroxylamine groups is 2. The van der Waals surface area contributed by atoms with Gasteiger partial charge < -0.3 is 14.9 Å². The molecule has 3 rings (SSSR count). The van der Waals surface area contributed by atoms with Gasteiger partial charge in [-0.1, -0.05) is 47.0 Å². The molecule has 0 bridgehead atoms. The maximum absolute atomic E-state index is 12.9. The van der Waals surface area contributed by atoms with Crippen molar-refractivity contribution < 1.29 is 28.8 Å². The molecule has 0 saturated carbocycles. The molecule has 2 aromatic rings. The van der Waals surface area contributed by atoms with Gasteiger partial charge in [-0.3, -0.25) is 9.59 Å². The zero-order chi connectivity index (χ0) is 22.1. The van der Waals surface area contributed by atoms with Crippen LogP contribution in [0.5, 0.6) is 0 Å². The summed E-state index contributed by atoms with van der Waals surface area (Å²) in [5.74, 6) is -2.49. The lowest BCUT2D eigenvalue weighted by atomic mass is 10.1. The minimum Gasteiger partial charge on any atom is -0.444 e. The van der Waals surface area contributed by atoms with E-state index in [0.29, 0.717) is 10.6 Å². The van der Waals surface area contributed by atoms with E-state index in [1.165, 1.54) is 12.1 Å². The van der Waals surface area contributed by atoms with Crippen LogP contribution in [-0.4, -0.2) is 34.5 Å². The van der Waals surface area contributed by atoms with Crippen LogP contribution in [0.15, 0.2) is 48.5 Å². The molecule has 0 aromatic heterocycles. The Kier molecular flexibility index (Phi) is 5.60. The van der Waals surface area contributed by atoms with E-state index in [0.717, 1.165) is 5.56 Å². The van der Waals surface area contributed by atoms with Crippen LogP contribution in [0.4, 0.5) is 4.79 Å². The van der Waals surface area contributed by atoms with Crippen molar-refractivity contribution in [2.75, 3.05) is 0 Å². The fourth-order valence-electron chi connectivity index (χ4n) is 2.86. The molecule has 1 N–H and O–H groups in total. The van der Waals surface area contributed by atoms with Gasteiger partial charge >= 0.3 is 12.1 Å². The van der Waals surface area contributed by atoms with Crippen LogP contribution >= 0.6 is 0 Å². The fraction of sp³-hybridized carbons (Fsp3) is 0.273. The van der Waals surface area contributed by atoms with Gasteiger partial charge in [0, 0.05) is 0 Å². The molecule has 30 heavy (non-hydrogen) atoms. The number of fused-ring (bicyclic) bond motifs is 1. The van der Waals surface area contributed by atoms with Crippen LogP contribution in [-0.2, 0) is 14.4 Å². The quantitative estimate of drug-likeness (QED) is 0.776. The Morgan fingerprint density at radius 3 is 1.97 bits per heavy atom. The second kappa shape index (κ2) is 7.98. The monoisotopic (exact) mass is 410 g/mol. The average Bonchev–Trinajstić information content (AvgIpc) is 2.91. The Morgan fingerprint density at radius 2 is 1.47 bits per heavy atom. The summed E-state index contributed by atoms with van der Waals surface area (Å²) in [5, 5.41) is 2.86. The first kappa shape index (κ1) is 21.0. The van der Waals surface area contributed by atoms with Gasteiger partial charge in [-0.05, 0) is 45.4 Å². The molecule has 0 fully saturated rings. The van der Waals surface area contributed by atoms with Crippen molar-refractivity contribution in [2.45, 2.75) is 39.3 Å². The molecule has 1 aliphatic rings. The molecule has 1 heterocycles. The summed E-state index contributed by atoms with van der Waals surface area (Å²) in [4.78, 5) is 55.2. The normalized spacial score (nSPS) is 14.2. The second-order valence-electron chi connectivity index (χ2n) is 7.85. The lowest BCUT2D eigenvalue weighted by Crippen LogP contribution is -2.42. The minimum atomic E-state index is -1.29. The number of carbonyl (C=O) groups is 4. The number of ether oxygens (including phenoxy) is 1. The second-order valence-corrected chi connectivity index (χ2v) is 7.85. The molecule has 1 aliphatic heterocycles. The zero-order valence-corrected chi connectivity index (χ0v) is 17.1. The molecule has 8 nitrogen and oxygen atoms in total. The molecule has 156 valence electrons. The van der Waals surface area contributed by atoms with Gasteiger partial charge in [0.05, 0.1) is 11.1 Å². The summed E-state index contributed by atoms with van der Waals surface area (Å²) < 4.78 is 5.22. The number of nitrogens with one attached hydrogen (secondary N) is 1. The molecular formula is C22H22N2O6. The molecule has 0 saturated heterocycles. The van der Waals surface area contributed by atoms with E-state index in [4.69, 9.17) is 9.57 Å². The first-order valence-corrected chi connectivity index (χ1v) is 9.32. The minimum absolute atomic E-state index is 0.141. The van der Waals surface area contributed by atoms with Gasteiger partial charge in [0.15, 0.2) is 6.04 Å². The van der Waals surface area contributed by atoms with E-state index in [1.54, 1.807) is 57.2 Å². The Hall–Kier alpha value is -3.68. The third kappa shape index (κ3) is 4.48. The van der Waals surface area contributed by atoms with Crippen LogP contribution in [0.3, 0.4) is 0 Å². The third-order valence-electron chi connectivity index (χ3n) is 4.25. The van der Waals surface area contributed by atoms with Gasteiger partial charge in [-0.25, -0.2) is 9.59 Å². The van der Waals surface area contributed by atoms with E-state index in [1.807, 2.05) is 6.92 Å². The highest BCUT2D eigenvalue weighted by Crippen LogP contribution is 2.25. The van der Waals surface area contributed by atoms with Crippen molar-refractivity contribution in [1.82, 2.24) is 10.4 Å². The van der Waals surface area contributed by atoms with E-state index < -0.39 is 35.5 Å². The maximum atomic E-state index is 12.9. The Bertz CT molecular complexity index is 972. The van der Waals surface area contributed by atoms with Crippen LogP contribution in [0.2, 0.25) is 0 Å². The van der Waals surface area contributed by atoms with Gasteiger partial charge in [0.2, 0.25) is 0 Å². The molecule has 1 atom stereocenters. The van der Waals surface area contributed by atoms with Crippen molar-refractivity contribution in [3.05, 3.63) is 70.8 Å². The number of amides is 3. The lowest BCUT2D eigenvalue weighted by Gasteiger charge is -2.24. The number of hydrogen-bond acceptors (Lipinski definition) is 6. The van der Waals surface area contributed by atoms with Gasteiger partial charge in [0.25, 0.3) is 11.8 Å². The summed E-state index contributed by atoms with van der Waals surface area (Å²) in [6.45, 7) is 6.93. The van der Waals surface area contributed by atoms with Crippen molar-refractivity contribution in [2.24, 2.45) is 0 Å². The summed E-state index contributed by atoms with van der Waals surface area (Å²) in [6, 6.07) is 11.7. The van der Waals surface area contributed by atoms with Gasteiger partial charge in [-0.2, -0.15) is 0 Å². The summed E-state index contributed by atoms with van der Waals surface area (Å²) >= 11 is 0. The smallest absolute Gasteiger partial charge is 0.408 e. The highest BCUT2D eigenvalue weighted by atomic mass is 16.7.